The van der Waals surface area contributed by atoms with E-state index in [2.05, 4.69) is 114 Å². The van der Waals surface area contributed by atoms with Crippen molar-refractivity contribution in [2.75, 3.05) is 0 Å². The lowest BCUT2D eigenvalue weighted by Gasteiger charge is -2.15. The number of furan rings is 1. The molecule has 0 saturated heterocycles. The van der Waals surface area contributed by atoms with Crippen molar-refractivity contribution in [3.63, 3.8) is 0 Å². The van der Waals surface area contributed by atoms with Crippen molar-refractivity contribution in [3.8, 4) is 51.0 Å². The fraction of sp³-hybridized carbons (Fsp3) is 0. The Hall–Kier alpha value is -7.41. The van der Waals surface area contributed by atoms with E-state index in [1.807, 2.05) is 84.1 Å². The summed E-state index contributed by atoms with van der Waals surface area (Å²) in [5, 5.41) is 7.22. The number of nitrogens with zero attached hydrogens (tertiary/aromatic N) is 4. The van der Waals surface area contributed by atoms with Crippen LogP contribution in [0.4, 0.5) is 0 Å². The van der Waals surface area contributed by atoms with E-state index in [0.29, 0.717) is 17.5 Å². The van der Waals surface area contributed by atoms with Gasteiger partial charge in [-0.15, -0.1) is 11.3 Å². The Kier molecular flexibility index (Phi) is 7.03. The third-order valence-corrected chi connectivity index (χ3v) is 12.2. The second-order valence-electron chi connectivity index (χ2n) is 14.4. The lowest BCUT2D eigenvalue weighted by Crippen LogP contribution is -2.02. The number of aromatic nitrogens is 4. The van der Waals surface area contributed by atoms with Crippen LogP contribution in [0.25, 0.3) is 115 Å². The molecule has 0 atom stereocenters. The van der Waals surface area contributed by atoms with Gasteiger partial charge in [-0.2, -0.15) is 0 Å². The van der Waals surface area contributed by atoms with E-state index < -0.39 is 0 Å². The standard InChI is InChI=1S/C51H30N4OS/c1-3-14-31(15-4-1)49-52-50(32-16-5-2-6-17-32)54-51(53-49)34-28-33(36-21-13-24-44-46(36)40-20-8-11-23-43(40)56-44)29-35(30-34)55-41-22-10-7-19-39(41)47-42(55)27-26-38-37-18-9-12-25-45(37)57-48(38)47/h1-30H. The average Bonchev–Trinajstić information content (AvgIpc) is 3.96. The SMILES string of the molecule is c1ccc(-c2nc(-c3ccccc3)nc(-c3cc(-c4cccc5oc6ccccc6c45)cc(-n4c5ccccc5c5c6sc7ccccc7c6ccc54)c3)n2)cc1. The minimum absolute atomic E-state index is 0.600. The lowest BCUT2D eigenvalue weighted by molar-refractivity contribution is 0.669. The van der Waals surface area contributed by atoms with E-state index >= 15 is 0 Å². The van der Waals surface area contributed by atoms with Crippen molar-refractivity contribution >= 4 is 75.3 Å². The van der Waals surface area contributed by atoms with Gasteiger partial charge in [-0.1, -0.05) is 133 Å². The highest BCUT2D eigenvalue weighted by atomic mass is 32.1. The summed E-state index contributed by atoms with van der Waals surface area (Å²) >= 11 is 1.87. The molecule has 12 rings (SSSR count). The van der Waals surface area contributed by atoms with E-state index in [9.17, 15) is 0 Å². The van der Waals surface area contributed by atoms with Gasteiger partial charge in [0.05, 0.1) is 11.0 Å². The molecule has 0 radical (unpaired) electrons. The van der Waals surface area contributed by atoms with E-state index in [1.165, 1.54) is 30.9 Å². The molecule has 0 N–H and O–H groups in total. The summed E-state index contributed by atoms with van der Waals surface area (Å²) in [4.78, 5) is 15.4. The fourth-order valence-electron chi connectivity index (χ4n) is 8.49. The predicted octanol–water partition coefficient (Wildman–Crippen LogP) is 13.9. The zero-order chi connectivity index (χ0) is 37.5. The molecular weight excluding hydrogens is 717 g/mol. The number of benzene rings is 8. The highest BCUT2D eigenvalue weighted by molar-refractivity contribution is 7.26. The summed E-state index contributed by atoms with van der Waals surface area (Å²) in [5.74, 6) is 1.85. The molecule has 0 fully saturated rings. The quantitative estimate of drug-likeness (QED) is 0.176. The lowest BCUT2D eigenvalue weighted by atomic mass is 9.97. The molecule has 266 valence electrons. The van der Waals surface area contributed by atoms with Crippen molar-refractivity contribution < 1.29 is 4.42 Å². The van der Waals surface area contributed by atoms with E-state index in [0.717, 1.165) is 66.5 Å². The molecule has 12 aromatic rings. The number of thiophene rings is 1. The zero-order valence-electron chi connectivity index (χ0n) is 30.4. The minimum atomic E-state index is 0.600. The molecule has 5 nitrogen and oxygen atoms in total. The van der Waals surface area contributed by atoms with Crippen LogP contribution in [0.2, 0.25) is 0 Å². The van der Waals surface area contributed by atoms with Gasteiger partial charge < -0.3 is 8.98 Å². The summed E-state index contributed by atoms with van der Waals surface area (Å²) in [6, 6.07) is 63.7. The number of fused-ring (bicyclic) bond motifs is 10. The third-order valence-electron chi connectivity index (χ3n) is 11.0. The first kappa shape index (κ1) is 31.9. The Labute approximate surface area is 330 Å². The van der Waals surface area contributed by atoms with Gasteiger partial charge in [0, 0.05) is 64.1 Å². The summed E-state index contributed by atoms with van der Waals surface area (Å²) in [6.07, 6.45) is 0. The number of para-hydroxylation sites is 2. The molecule has 0 amide bonds. The van der Waals surface area contributed by atoms with Gasteiger partial charge in [0.25, 0.3) is 0 Å². The summed E-state index contributed by atoms with van der Waals surface area (Å²) in [6.45, 7) is 0. The van der Waals surface area contributed by atoms with Gasteiger partial charge in [0.1, 0.15) is 11.2 Å². The first-order chi connectivity index (χ1) is 28.2. The second kappa shape index (κ2) is 12.6. The highest BCUT2D eigenvalue weighted by Gasteiger charge is 2.21. The topological polar surface area (TPSA) is 56.7 Å². The van der Waals surface area contributed by atoms with Crippen LogP contribution in [-0.4, -0.2) is 19.5 Å². The molecule has 57 heavy (non-hydrogen) atoms. The van der Waals surface area contributed by atoms with Gasteiger partial charge in [-0.3, -0.25) is 0 Å². The maximum Gasteiger partial charge on any atom is 0.164 e. The smallest absolute Gasteiger partial charge is 0.164 e. The Morgan fingerprint density at radius 2 is 1.02 bits per heavy atom. The molecule has 6 heteroatoms. The van der Waals surface area contributed by atoms with Crippen molar-refractivity contribution in [1.29, 1.82) is 0 Å². The van der Waals surface area contributed by atoms with Crippen LogP contribution in [0.15, 0.2) is 186 Å². The molecule has 8 aromatic carbocycles. The first-order valence-electron chi connectivity index (χ1n) is 19.0. The van der Waals surface area contributed by atoms with Crippen molar-refractivity contribution in [3.05, 3.63) is 182 Å². The summed E-state index contributed by atoms with van der Waals surface area (Å²) in [7, 11) is 0. The number of hydrogen-bond acceptors (Lipinski definition) is 5. The zero-order valence-corrected chi connectivity index (χ0v) is 31.2. The summed E-state index contributed by atoms with van der Waals surface area (Å²) < 4.78 is 11.4. The number of hydrogen-bond donors (Lipinski definition) is 0. The van der Waals surface area contributed by atoms with Crippen LogP contribution < -0.4 is 0 Å². The minimum Gasteiger partial charge on any atom is -0.456 e. The summed E-state index contributed by atoms with van der Waals surface area (Å²) in [5.41, 5.74) is 9.88. The Balaban J connectivity index is 1.18. The monoisotopic (exact) mass is 746 g/mol. The van der Waals surface area contributed by atoms with Crippen LogP contribution in [0, 0.1) is 0 Å². The molecule has 0 spiro atoms. The highest BCUT2D eigenvalue weighted by Crippen LogP contribution is 2.45. The normalized spacial score (nSPS) is 11.9. The molecule has 4 aromatic heterocycles. The van der Waals surface area contributed by atoms with Gasteiger partial charge in [0.15, 0.2) is 17.5 Å². The van der Waals surface area contributed by atoms with Crippen LogP contribution in [-0.2, 0) is 0 Å². The van der Waals surface area contributed by atoms with E-state index in [4.69, 9.17) is 19.4 Å². The van der Waals surface area contributed by atoms with Crippen molar-refractivity contribution in [2.45, 2.75) is 0 Å². The molecule has 0 aliphatic carbocycles. The van der Waals surface area contributed by atoms with Gasteiger partial charge in [0.2, 0.25) is 0 Å². The Bertz CT molecular complexity index is 3470. The molecule has 0 saturated carbocycles. The van der Waals surface area contributed by atoms with Gasteiger partial charge in [-0.05, 0) is 59.7 Å². The van der Waals surface area contributed by atoms with Crippen LogP contribution in [0.1, 0.15) is 0 Å². The van der Waals surface area contributed by atoms with Crippen molar-refractivity contribution in [2.24, 2.45) is 0 Å². The number of rotatable bonds is 5. The Morgan fingerprint density at radius 1 is 0.404 bits per heavy atom. The van der Waals surface area contributed by atoms with Crippen LogP contribution in [0.3, 0.4) is 0 Å². The molecule has 0 bridgehead atoms. The molecule has 4 heterocycles. The maximum atomic E-state index is 6.41. The van der Waals surface area contributed by atoms with Crippen LogP contribution >= 0.6 is 11.3 Å². The maximum absolute atomic E-state index is 6.41. The van der Waals surface area contributed by atoms with E-state index in [1.54, 1.807) is 0 Å². The fourth-order valence-corrected chi connectivity index (χ4v) is 9.75. The van der Waals surface area contributed by atoms with E-state index in [-0.39, 0.29) is 0 Å². The third kappa shape index (κ3) is 5.04. The molecular formula is C51H30N4OS. The van der Waals surface area contributed by atoms with Crippen molar-refractivity contribution in [1.82, 2.24) is 19.5 Å². The predicted molar refractivity (Wildman–Crippen MR) is 236 cm³/mol. The average molecular weight is 747 g/mol. The first-order valence-corrected chi connectivity index (χ1v) is 19.8. The molecule has 0 aliphatic rings. The molecule has 0 unspecified atom stereocenters. The van der Waals surface area contributed by atoms with Crippen LogP contribution in [0.5, 0.6) is 0 Å². The van der Waals surface area contributed by atoms with Gasteiger partial charge >= 0.3 is 0 Å². The largest absolute Gasteiger partial charge is 0.456 e. The Morgan fingerprint density at radius 3 is 1.79 bits per heavy atom. The second-order valence-corrected chi connectivity index (χ2v) is 15.4. The molecule has 0 aliphatic heterocycles. The van der Waals surface area contributed by atoms with Gasteiger partial charge in [-0.25, -0.2) is 15.0 Å².